The van der Waals surface area contributed by atoms with Crippen molar-refractivity contribution in [3.05, 3.63) is 53.6 Å². The molecule has 2 aromatic carbocycles. The highest BCUT2D eigenvalue weighted by Gasteiger charge is 2.42. The van der Waals surface area contributed by atoms with Crippen molar-refractivity contribution in [3.8, 4) is 0 Å². The molecule has 1 aromatic heterocycles. The Bertz CT molecular complexity index is 1330. The van der Waals surface area contributed by atoms with Crippen LogP contribution < -0.4 is 5.32 Å². The number of nitrogens with zero attached hydrogens (tertiary/aromatic N) is 2. The fourth-order valence-corrected chi connectivity index (χ4v) is 5.27. The monoisotopic (exact) mass is 471 g/mol. The minimum Gasteiger partial charge on any atom is -0.300 e. The summed E-state index contributed by atoms with van der Waals surface area (Å²) < 4.78 is 24.2. The number of benzene rings is 2. The van der Waals surface area contributed by atoms with Crippen molar-refractivity contribution in [2.75, 3.05) is 11.6 Å². The first-order valence-electron chi connectivity index (χ1n) is 9.94. The SMILES string of the molecule is CC(C)CC(C(=O)Nc1nc2ccc(S(C)(=O)=O)cc2s1)N1C(=O)c2ccccc2C1=O. The molecule has 10 heteroatoms. The summed E-state index contributed by atoms with van der Waals surface area (Å²) in [6.07, 6.45) is 1.41. The van der Waals surface area contributed by atoms with Gasteiger partial charge in [0.25, 0.3) is 11.8 Å². The molecule has 8 nitrogen and oxygen atoms in total. The topological polar surface area (TPSA) is 114 Å². The van der Waals surface area contributed by atoms with Gasteiger partial charge in [-0.05, 0) is 42.7 Å². The van der Waals surface area contributed by atoms with E-state index >= 15 is 0 Å². The van der Waals surface area contributed by atoms with Crippen LogP contribution in [0.1, 0.15) is 41.0 Å². The van der Waals surface area contributed by atoms with E-state index in [1.54, 1.807) is 30.3 Å². The number of carbonyl (C=O) groups excluding carboxylic acids is 3. The van der Waals surface area contributed by atoms with E-state index in [0.29, 0.717) is 16.6 Å². The molecule has 2 heterocycles. The van der Waals surface area contributed by atoms with Crippen LogP contribution in [0.5, 0.6) is 0 Å². The maximum atomic E-state index is 13.2. The Morgan fingerprint density at radius 3 is 2.28 bits per heavy atom. The molecule has 0 radical (unpaired) electrons. The summed E-state index contributed by atoms with van der Waals surface area (Å²) in [4.78, 5) is 44.6. The lowest BCUT2D eigenvalue weighted by Crippen LogP contribution is -2.47. The third-order valence-corrected chi connectivity index (χ3v) is 7.20. The Kier molecular flexibility index (Phi) is 5.59. The average molecular weight is 472 g/mol. The number of imide groups is 1. The Balaban J connectivity index is 1.63. The number of nitrogens with one attached hydrogen (secondary N) is 1. The zero-order valence-corrected chi connectivity index (χ0v) is 19.3. The fourth-order valence-electron chi connectivity index (χ4n) is 3.64. The first-order chi connectivity index (χ1) is 15.1. The van der Waals surface area contributed by atoms with E-state index in [2.05, 4.69) is 10.3 Å². The molecule has 4 rings (SSSR count). The normalized spacial score (nSPS) is 14.8. The van der Waals surface area contributed by atoms with Crippen molar-refractivity contribution in [1.29, 1.82) is 0 Å². The molecule has 0 spiro atoms. The van der Waals surface area contributed by atoms with Gasteiger partial charge in [0, 0.05) is 6.26 Å². The molecule has 0 saturated heterocycles. The number of fused-ring (bicyclic) bond motifs is 2. The second-order valence-corrected chi connectivity index (χ2v) is 11.1. The van der Waals surface area contributed by atoms with Crippen molar-refractivity contribution < 1.29 is 22.8 Å². The minimum atomic E-state index is -3.37. The second kappa shape index (κ2) is 8.10. The first-order valence-corrected chi connectivity index (χ1v) is 12.7. The lowest BCUT2D eigenvalue weighted by atomic mass is 10.0. The summed E-state index contributed by atoms with van der Waals surface area (Å²) in [6, 6.07) is 10.1. The minimum absolute atomic E-state index is 0.0442. The number of anilines is 1. The molecule has 3 amide bonds. The lowest BCUT2D eigenvalue weighted by molar-refractivity contribution is -0.120. The predicted octanol–water partition coefficient (Wildman–Crippen LogP) is 3.35. The lowest BCUT2D eigenvalue weighted by Gasteiger charge is -2.26. The number of amides is 3. The predicted molar refractivity (Wildman–Crippen MR) is 122 cm³/mol. The third-order valence-electron chi connectivity index (χ3n) is 5.15. The molecule has 166 valence electrons. The number of hydrogen-bond acceptors (Lipinski definition) is 7. The van der Waals surface area contributed by atoms with Gasteiger partial charge in [-0.15, -0.1) is 0 Å². The van der Waals surface area contributed by atoms with Crippen LogP contribution in [0.15, 0.2) is 47.4 Å². The van der Waals surface area contributed by atoms with Crippen LogP contribution >= 0.6 is 11.3 Å². The molecule has 3 aromatic rings. The second-order valence-electron chi connectivity index (χ2n) is 8.08. The van der Waals surface area contributed by atoms with Gasteiger partial charge in [-0.2, -0.15) is 0 Å². The Morgan fingerprint density at radius 2 is 1.72 bits per heavy atom. The number of rotatable bonds is 6. The largest absolute Gasteiger partial charge is 0.300 e. The zero-order chi connectivity index (χ0) is 23.2. The number of sulfone groups is 1. The van der Waals surface area contributed by atoms with E-state index in [1.807, 2.05) is 13.8 Å². The zero-order valence-electron chi connectivity index (χ0n) is 17.7. The van der Waals surface area contributed by atoms with E-state index in [-0.39, 0.29) is 27.1 Å². The number of carbonyl (C=O) groups is 3. The van der Waals surface area contributed by atoms with Crippen LogP contribution in [-0.2, 0) is 14.6 Å². The molecule has 1 atom stereocenters. The first kappa shape index (κ1) is 22.1. The summed E-state index contributed by atoms with van der Waals surface area (Å²) in [5.74, 6) is -1.46. The van der Waals surface area contributed by atoms with Crippen molar-refractivity contribution in [2.24, 2.45) is 5.92 Å². The standard InChI is InChI=1S/C22H21N3O5S2/c1-12(2)10-17(25-20(27)14-6-4-5-7-15(14)21(25)28)19(26)24-22-23-16-9-8-13(32(3,29)30)11-18(16)31-22/h4-9,11-12,17H,10H2,1-3H3,(H,23,24,26). The van der Waals surface area contributed by atoms with Crippen LogP contribution in [-0.4, -0.2) is 48.3 Å². The summed E-state index contributed by atoms with van der Waals surface area (Å²) in [5, 5.41) is 2.98. The van der Waals surface area contributed by atoms with Gasteiger partial charge in [-0.3, -0.25) is 19.3 Å². The molecule has 0 aliphatic carbocycles. The van der Waals surface area contributed by atoms with Gasteiger partial charge in [0.05, 0.1) is 26.2 Å². The smallest absolute Gasteiger partial charge is 0.262 e. The van der Waals surface area contributed by atoms with Gasteiger partial charge in [0.15, 0.2) is 15.0 Å². The summed E-state index contributed by atoms with van der Waals surface area (Å²) in [6.45, 7) is 3.81. The average Bonchev–Trinajstić information content (AvgIpc) is 3.23. The molecule has 1 aliphatic heterocycles. The van der Waals surface area contributed by atoms with E-state index in [4.69, 9.17) is 0 Å². The van der Waals surface area contributed by atoms with E-state index in [9.17, 15) is 22.8 Å². The maximum absolute atomic E-state index is 13.2. The molecule has 0 saturated carbocycles. The Morgan fingerprint density at radius 1 is 1.09 bits per heavy atom. The number of aromatic nitrogens is 1. The molecule has 1 aliphatic rings. The van der Waals surface area contributed by atoms with Gasteiger partial charge < -0.3 is 5.32 Å². The van der Waals surface area contributed by atoms with Gasteiger partial charge >= 0.3 is 0 Å². The highest BCUT2D eigenvalue weighted by Crippen LogP contribution is 2.30. The van der Waals surface area contributed by atoms with Crippen LogP contribution in [0, 0.1) is 5.92 Å². The molecule has 0 bridgehead atoms. The molecule has 1 unspecified atom stereocenters. The van der Waals surface area contributed by atoms with Crippen LogP contribution in [0.4, 0.5) is 5.13 Å². The van der Waals surface area contributed by atoms with Crippen molar-refractivity contribution in [1.82, 2.24) is 9.88 Å². The molecule has 0 fully saturated rings. The van der Waals surface area contributed by atoms with Crippen molar-refractivity contribution in [2.45, 2.75) is 31.2 Å². The summed E-state index contributed by atoms with van der Waals surface area (Å²) in [5.41, 5.74) is 1.11. The van der Waals surface area contributed by atoms with E-state index in [0.717, 1.165) is 22.5 Å². The molecular weight excluding hydrogens is 450 g/mol. The van der Waals surface area contributed by atoms with Crippen LogP contribution in [0.25, 0.3) is 10.2 Å². The van der Waals surface area contributed by atoms with Crippen LogP contribution in [0.3, 0.4) is 0 Å². The maximum Gasteiger partial charge on any atom is 0.262 e. The third kappa shape index (κ3) is 4.03. The van der Waals surface area contributed by atoms with Gasteiger partial charge in [-0.1, -0.05) is 37.3 Å². The van der Waals surface area contributed by atoms with Gasteiger partial charge in [0.1, 0.15) is 6.04 Å². The summed E-state index contributed by atoms with van der Waals surface area (Å²) >= 11 is 1.13. The van der Waals surface area contributed by atoms with Crippen LogP contribution in [0.2, 0.25) is 0 Å². The van der Waals surface area contributed by atoms with E-state index < -0.39 is 33.6 Å². The highest BCUT2D eigenvalue weighted by molar-refractivity contribution is 7.90. The van der Waals surface area contributed by atoms with Crippen molar-refractivity contribution >= 4 is 54.2 Å². The molecule has 1 N–H and O–H groups in total. The Labute approximate surface area is 189 Å². The van der Waals surface area contributed by atoms with Crippen molar-refractivity contribution in [3.63, 3.8) is 0 Å². The molecule has 32 heavy (non-hydrogen) atoms. The number of thiazole rings is 1. The van der Waals surface area contributed by atoms with Gasteiger partial charge in [-0.25, -0.2) is 13.4 Å². The highest BCUT2D eigenvalue weighted by atomic mass is 32.2. The Hall–Kier alpha value is -3.11. The quantitative estimate of drug-likeness (QED) is 0.552. The fraction of sp³-hybridized carbons (Fsp3) is 0.273. The number of hydrogen-bond donors (Lipinski definition) is 1. The van der Waals surface area contributed by atoms with Gasteiger partial charge in [0.2, 0.25) is 5.91 Å². The summed E-state index contributed by atoms with van der Waals surface area (Å²) in [7, 11) is -3.37. The van der Waals surface area contributed by atoms with E-state index in [1.165, 1.54) is 12.1 Å². The molecular formula is C22H21N3O5S2.